The lowest BCUT2D eigenvalue weighted by molar-refractivity contribution is -0.136. The van der Waals surface area contributed by atoms with Gasteiger partial charge in [-0.3, -0.25) is 0 Å². The van der Waals surface area contributed by atoms with Crippen LogP contribution in [0.3, 0.4) is 0 Å². The van der Waals surface area contributed by atoms with Crippen molar-refractivity contribution in [3.8, 4) is 0 Å². The zero-order valence-corrected chi connectivity index (χ0v) is 11.1. The van der Waals surface area contributed by atoms with Crippen molar-refractivity contribution in [3.63, 3.8) is 0 Å². The summed E-state index contributed by atoms with van der Waals surface area (Å²) in [4.78, 5) is 0. The Kier molecular flexibility index (Phi) is 3.27. The highest BCUT2D eigenvalue weighted by Crippen LogP contribution is 2.41. The van der Waals surface area contributed by atoms with Crippen molar-refractivity contribution < 1.29 is 13.2 Å². The number of fused-ring (bicyclic) bond motifs is 1. The molecule has 1 N–H and O–H groups in total. The van der Waals surface area contributed by atoms with Gasteiger partial charge < -0.3 is 5.32 Å². The summed E-state index contributed by atoms with van der Waals surface area (Å²) in [6.07, 6.45) is -2.26. The number of thiophene rings is 1. The first-order valence-electron chi connectivity index (χ1n) is 6.35. The zero-order valence-electron chi connectivity index (χ0n) is 10.3. The van der Waals surface area contributed by atoms with Gasteiger partial charge in [0.15, 0.2) is 0 Å². The van der Waals surface area contributed by atoms with Crippen LogP contribution in [0.5, 0.6) is 0 Å². The Morgan fingerprint density at radius 3 is 2.58 bits per heavy atom. The molecule has 5 heteroatoms. The predicted molar refractivity (Wildman–Crippen MR) is 71.7 cm³/mol. The lowest BCUT2D eigenvalue weighted by atomic mass is 9.90. The summed E-state index contributed by atoms with van der Waals surface area (Å²) in [7, 11) is 0. The minimum absolute atomic E-state index is 0.378. The molecule has 1 saturated heterocycles. The lowest BCUT2D eigenvalue weighted by Crippen LogP contribution is -2.26. The fourth-order valence-corrected chi connectivity index (χ4v) is 3.94. The number of halogens is 3. The van der Waals surface area contributed by atoms with E-state index >= 15 is 0 Å². The Labute approximate surface area is 113 Å². The Bertz CT molecular complexity index is 582. The van der Waals surface area contributed by atoms with E-state index in [4.69, 9.17) is 0 Å². The largest absolute Gasteiger partial charge is 0.417 e. The molecule has 0 saturated carbocycles. The van der Waals surface area contributed by atoms with Gasteiger partial charge in [0.2, 0.25) is 0 Å². The average molecular weight is 285 g/mol. The Morgan fingerprint density at radius 1 is 1.16 bits per heavy atom. The van der Waals surface area contributed by atoms with Crippen molar-refractivity contribution in [2.45, 2.75) is 24.9 Å². The summed E-state index contributed by atoms with van der Waals surface area (Å²) in [5.41, 5.74) is 0.586. The molecule has 0 unspecified atom stereocenters. The molecule has 102 valence electrons. The maximum Gasteiger partial charge on any atom is 0.417 e. The number of alkyl halides is 3. The van der Waals surface area contributed by atoms with E-state index < -0.39 is 11.7 Å². The maximum absolute atomic E-state index is 13.0. The van der Waals surface area contributed by atoms with Gasteiger partial charge >= 0.3 is 6.18 Å². The van der Waals surface area contributed by atoms with Crippen molar-refractivity contribution >= 4 is 21.4 Å². The minimum Gasteiger partial charge on any atom is -0.317 e. The SMILES string of the molecule is FC(F)(F)c1cccc2c(C3CCNCC3)csc12. The molecule has 1 aromatic carbocycles. The molecule has 1 aliphatic heterocycles. The summed E-state index contributed by atoms with van der Waals surface area (Å²) >= 11 is 1.22. The van der Waals surface area contributed by atoms with Gasteiger partial charge in [-0.1, -0.05) is 12.1 Å². The predicted octanol–water partition coefficient (Wildman–Crippen LogP) is 4.39. The number of hydrogen-bond donors (Lipinski definition) is 1. The van der Waals surface area contributed by atoms with Crippen LogP contribution in [0.4, 0.5) is 13.2 Å². The van der Waals surface area contributed by atoms with Crippen LogP contribution in [0.2, 0.25) is 0 Å². The second-order valence-corrected chi connectivity index (χ2v) is 5.77. The number of benzene rings is 1. The third kappa shape index (κ3) is 2.37. The second-order valence-electron chi connectivity index (χ2n) is 4.90. The molecule has 2 aromatic rings. The van der Waals surface area contributed by atoms with E-state index in [9.17, 15) is 13.2 Å². The maximum atomic E-state index is 13.0. The van der Waals surface area contributed by atoms with Crippen LogP contribution in [0, 0.1) is 0 Å². The number of rotatable bonds is 1. The van der Waals surface area contributed by atoms with Crippen LogP contribution < -0.4 is 5.32 Å². The van der Waals surface area contributed by atoms with Crippen molar-refractivity contribution in [1.29, 1.82) is 0 Å². The van der Waals surface area contributed by atoms with Gasteiger partial charge in [-0.15, -0.1) is 11.3 Å². The van der Waals surface area contributed by atoms with Gasteiger partial charge in [0, 0.05) is 4.70 Å². The third-order valence-corrected chi connectivity index (χ3v) is 4.76. The molecule has 0 radical (unpaired) electrons. The fraction of sp³-hybridized carbons (Fsp3) is 0.429. The molecule has 1 aliphatic rings. The molecule has 1 fully saturated rings. The molecule has 3 rings (SSSR count). The average Bonchev–Trinajstić information content (AvgIpc) is 2.82. The second kappa shape index (κ2) is 4.80. The molecule has 0 aliphatic carbocycles. The van der Waals surface area contributed by atoms with E-state index in [0.29, 0.717) is 10.6 Å². The Balaban J connectivity index is 2.08. The quantitative estimate of drug-likeness (QED) is 0.819. The summed E-state index contributed by atoms with van der Waals surface area (Å²) < 4.78 is 39.3. The molecule has 0 bridgehead atoms. The third-order valence-electron chi connectivity index (χ3n) is 3.71. The van der Waals surface area contributed by atoms with Crippen LogP contribution >= 0.6 is 11.3 Å². The molecule has 0 atom stereocenters. The van der Waals surface area contributed by atoms with Crippen molar-refractivity contribution in [3.05, 3.63) is 34.7 Å². The minimum atomic E-state index is -4.27. The van der Waals surface area contributed by atoms with E-state index in [1.54, 1.807) is 0 Å². The number of nitrogens with one attached hydrogen (secondary N) is 1. The molecule has 0 amide bonds. The van der Waals surface area contributed by atoms with Gasteiger partial charge in [-0.25, -0.2) is 0 Å². The van der Waals surface area contributed by atoms with Crippen molar-refractivity contribution in [2.24, 2.45) is 0 Å². The van der Waals surface area contributed by atoms with Gasteiger partial charge in [0.1, 0.15) is 0 Å². The van der Waals surface area contributed by atoms with E-state index in [-0.39, 0.29) is 0 Å². The molecular weight excluding hydrogens is 271 g/mol. The van der Waals surface area contributed by atoms with Crippen LogP contribution in [0.25, 0.3) is 10.1 Å². The Morgan fingerprint density at radius 2 is 1.89 bits per heavy atom. The molecule has 0 spiro atoms. The van der Waals surface area contributed by atoms with E-state index in [2.05, 4.69) is 5.32 Å². The number of hydrogen-bond acceptors (Lipinski definition) is 2. The van der Waals surface area contributed by atoms with Crippen LogP contribution in [0.15, 0.2) is 23.6 Å². The zero-order chi connectivity index (χ0) is 13.5. The van der Waals surface area contributed by atoms with E-state index in [1.165, 1.54) is 23.5 Å². The fourth-order valence-electron chi connectivity index (χ4n) is 2.75. The van der Waals surface area contributed by atoms with Crippen LogP contribution in [-0.4, -0.2) is 13.1 Å². The first kappa shape index (κ1) is 12.9. The van der Waals surface area contributed by atoms with Gasteiger partial charge in [-0.05, 0) is 54.2 Å². The summed E-state index contributed by atoms with van der Waals surface area (Å²) in [5.74, 6) is 0.387. The first-order valence-corrected chi connectivity index (χ1v) is 7.23. The molecule has 2 heterocycles. The number of piperidine rings is 1. The Hall–Kier alpha value is -1.07. The highest BCUT2D eigenvalue weighted by Gasteiger charge is 2.33. The van der Waals surface area contributed by atoms with Crippen molar-refractivity contribution in [1.82, 2.24) is 5.32 Å². The van der Waals surface area contributed by atoms with Crippen molar-refractivity contribution in [2.75, 3.05) is 13.1 Å². The lowest BCUT2D eigenvalue weighted by Gasteiger charge is -2.22. The summed E-state index contributed by atoms with van der Waals surface area (Å²) in [5, 5.41) is 5.98. The molecule has 1 nitrogen and oxygen atoms in total. The molecular formula is C14H14F3NS. The standard InChI is InChI=1S/C14H14F3NS/c15-14(16,17)12-3-1-2-10-11(8-19-13(10)12)9-4-6-18-7-5-9/h1-3,8-9,18H,4-7H2. The molecule has 19 heavy (non-hydrogen) atoms. The normalized spacial score (nSPS) is 18.1. The van der Waals surface area contributed by atoms with Gasteiger partial charge in [0.25, 0.3) is 0 Å². The monoisotopic (exact) mass is 285 g/mol. The molecule has 1 aromatic heterocycles. The smallest absolute Gasteiger partial charge is 0.317 e. The van der Waals surface area contributed by atoms with Crippen LogP contribution in [-0.2, 0) is 6.18 Å². The first-order chi connectivity index (χ1) is 9.07. The highest BCUT2D eigenvalue weighted by atomic mass is 32.1. The van der Waals surface area contributed by atoms with Gasteiger partial charge in [0.05, 0.1) is 5.56 Å². The summed E-state index contributed by atoms with van der Waals surface area (Å²) in [6, 6.07) is 4.51. The summed E-state index contributed by atoms with van der Waals surface area (Å²) in [6.45, 7) is 1.89. The van der Waals surface area contributed by atoms with Gasteiger partial charge in [-0.2, -0.15) is 13.2 Å². The topological polar surface area (TPSA) is 12.0 Å². The highest BCUT2D eigenvalue weighted by molar-refractivity contribution is 7.17. The van der Waals surface area contributed by atoms with E-state index in [0.717, 1.165) is 36.9 Å². The van der Waals surface area contributed by atoms with Crippen LogP contribution in [0.1, 0.15) is 29.9 Å². The van der Waals surface area contributed by atoms with E-state index in [1.807, 2.05) is 11.4 Å².